The van der Waals surface area contributed by atoms with E-state index in [0.717, 1.165) is 30.8 Å². The second-order valence-electron chi connectivity index (χ2n) is 4.53. The lowest BCUT2D eigenvalue weighted by atomic mass is 10.2. The highest BCUT2D eigenvalue weighted by molar-refractivity contribution is 5.57. The van der Waals surface area contributed by atoms with Gasteiger partial charge in [0.1, 0.15) is 11.5 Å². The minimum absolute atomic E-state index is 0.239. The number of rotatable bonds is 5. The van der Waals surface area contributed by atoms with Crippen molar-refractivity contribution in [2.75, 3.05) is 20.6 Å². The molecule has 0 aliphatic heterocycles. The highest BCUT2D eigenvalue weighted by Gasteiger charge is 2.04. The van der Waals surface area contributed by atoms with Crippen molar-refractivity contribution in [3.63, 3.8) is 0 Å². The molecule has 4 nitrogen and oxygen atoms in total. The smallest absolute Gasteiger partial charge is 0.123 e. The molecular weight excluding hydrogens is 231 g/mol. The number of aromatic nitrogens is 3. The molecule has 5 heteroatoms. The Morgan fingerprint density at radius 3 is 2.61 bits per heavy atom. The van der Waals surface area contributed by atoms with E-state index in [9.17, 15) is 4.39 Å². The lowest BCUT2D eigenvalue weighted by Crippen LogP contribution is -2.15. The molecule has 0 bridgehead atoms. The average molecular weight is 248 g/mol. The second-order valence-corrected chi connectivity index (χ2v) is 4.53. The molecule has 0 amide bonds. The molecule has 0 fully saturated rings. The van der Waals surface area contributed by atoms with Crippen LogP contribution in [-0.2, 0) is 6.54 Å². The second kappa shape index (κ2) is 5.73. The van der Waals surface area contributed by atoms with Crippen molar-refractivity contribution in [1.82, 2.24) is 19.9 Å². The summed E-state index contributed by atoms with van der Waals surface area (Å²) in [4.78, 5) is 2.14. The minimum Gasteiger partial charge on any atom is -0.309 e. The van der Waals surface area contributed by atoms with Crippen LogP contribution in [0, 0.1) is 5.82 Å². The SMILES string of the molecule is CN(C)CCCn1cc(-c2ccc(F)cc2)nn1. The molecule has 0 saturated carbocycles. The maximum absolute atomic E-state index is 12.8. The van der Waals surface area contributed by atoms with Crippen molar-refractivity contribution in [1.29, 1.82) is 0 Å². The molecule has 1 heterocycles. The molecule has 2 aromatic rings. The topological polar surface area (TPSA) is 34.0 Å². The van der Waals surface area contributed by atoms with Gasteiger partial charge in [0.05, 0.1) is 6.20 Å². The first kappa shape index (κ1) is 12.7. The van der Waals surface area contributed by atoms with Gasteiger partial charge in [0, 0.05) is 12.1 Å². The Morgan fingerprint density at radius 1 is 1.22 bits per heavy atom. The number of benzene rings is 1. The molecule has 96 valence electrons. The van der Waals surface area contributed by atoms with Gasteiger partial charge >= 0.3 is 0 Å². The standard InChI is InChI=1S/C13H17FN4/c1-17(2)8-3-9-18-10-13(15-16-18)11-4-6-12(14)7-5-11/h4-7,10H,3,8-9H2,1-2H3. The molecule has 1 aromatic carbocycles. The predicted octanol–water partition coefficient (Wildman–Crippen LogP) is 2.04. The highest BCUT2D eigenvalue weighted by atomic mass is 19.1. The van der Waals surface area contributed by atoms with Crippen LogP contribution in [0.4, 0.5) is 4.39 Å². The van der Waals surface area contributed by atoms with Crippen molar-refractivity contribution >= 4 is 0 Å². The van der Waals surface area contributed by atoms with Gasteiger partial charge in [-0.25, -0.2) is 4.39 Å². The number of aryl methyl sites for hydroxylation is 1. The van der Waals surface area contributed by atoms with E-state index >= 15 is 0 Å². The van der Waals surface area contributed by atoms with Gasteiger partial charge in [-0.15, -0.1) is 5.10 Å². The maximum Gasteiger partial charge on any atom is 0.123 e. The normalized spacial score (nSPS) is 11.1. The van der Waals surface area contributed by atoms with E-state index in [2.05, 4.69) is 15.2 Å². The Hall–Kier alpha value is -1.75. The Kier molecular flexibility index (Phi) is 4.04. The molecule has 0 aliphatic rings. The molecule has 0 atom stereocenters. The fourth-order valence-corrected chi connectivity index (χ4v) is 1.71. The van der Waals surface area contributed by atoms with Crippen LogP contribution >= 0.6 is 0 Å². The highest BCUT2D eigenvalue weighted by Crippen LogP contribution is 2.16. The maximum atomic E-state index is 12.8. The summed E-state index contributed by atoms with van der Waals surface area (Å²) in [5, 5.41) is 8.16. The molecule has 0 radical (unpaired) electrons. The zero-order valence-electron chi connectivity index (χ0n) is 10.7. The van der Waals surface area contributed by atoms with E-state index in [4.69, 9.17) is 0 Å². The zero-order valence-corrected chi connectivity index (χ0v) is 10.7. The zero-order chi connectivity index (χ0) is 13.0. The summed E-state index contributed by atoms with van der Waals surface area (Å²) in [5.74, 6) is -0.239. The first-order chi connectivity index (χ1) is 8.65. The van der Waals surface area contributed by atoms with Crippen LogP contribution in [0.2, 0.25) is 0 Å². The van der Waals surface area contributed by atoms with Crippen LogP contribution in [0.3, 0.4) is 0 Å². The third-order valence-electron chi connectivity index (χ3n) is 2.67. The Bertz CT molecular complexity index is 490. The average Bonchev–Trinajstić information content (AvgIpc) is 2.78. The summed E-state index contributed by atoms with van der Waals surface area (Å²) in [7, 11) is 4.09. The summed E-state index contributed by atoms with van der Waals surface area (Å²) in [5.41, 5.74) is 1.66. The van der Waals surface area contributed by atoms with Crippen molar-refractivity contribution < 1.29 is 4.39 Å². The Labute approximate surface area is 106 Å². The molecule has 1 aromatic heterocycles. The van der Waals surface area contributed by atoms with Crippen LogP contribution in [0.15, 0.2) is 30.5 Å². The Balaban J connectivity index is 1.99. The number of nitrogens with zero attached hydrogens (tertiary/aromatic N) is 4. The van der Waals surface area contributed by atoms with E-state index in [1.165, 1.54) is 12.1 Å². The predicted molar refractivity (Wildman–Crippen MR) is 68.6 cm³/mol. The van der Waals surface area contributed by atoms with Gasteiger partial charge in [0.15, 0.2) is 0 Å². The first-order valence-corrected chi connectivity index (χ1v) is 5.96. The van der Waals surface area contributed by atoms with Crippen molar-refractivity contribution in [2.24, 2.45) is 0 Å². The molecule has 0 unspecified atom stereocenters. The number of hydrogen-bond donors (Lipinski definition) is 0. The lowest BCUT2D eigenvalue weighted by Gasteiger charge is -2.08. The molecule has 0 spiro atoms. The van der Waals surface area contributed by atoms with Gasteiger partial charge < -0.3 is 4.90 Å². The van der Waals surface area contributed by atoms with Gasteiger partial charge in [-0.2, -0.15) is 0 Å². The third kappa shape index (κ3) is 3.37. The monoisotopic (exact) mass is 248 g/mol. The molecular formula is C13H17FN4. The van der Waals surface area contributed by atoms with Crippen LogP contribution in [0.1, 0.15) is 6.42 Å². The van der Waals surface area contributed by atoms with Gasteiger partial charge in [0.2, 0.25) is 0 Å². The Morgan fingerprint density at radius 2 is 1.94 bits per heavy atom. The van der Waals surface area contributed by atoms with Gasteiger partial charge in [-0.1, -0.05) is 5.21 Å². The van der Waals surface area contributed by atoms with E-state index in [1.807, 2.05) is 25.0 Å². The summed E-state index contributed by atoms with van der Waals surface area (Å²) in [6, 6.07) is 6.29. The van der Waals surface area contributed by atoms with Gasteiger partial charge in [-0.3, -0.25) is 4.68 Å². The van der Waals surface area contributed by atoms with Crippen molar-refractivity contribution in [3.05, 3.63) is 36.3 Å². The van der Waals surface area contributed by atoms with E-state index < -0.39 is 0 Å². The molecule has 0 saturated heterocycles. The van der Waals surface area contributed by atoms with Gasteiger partial charge in [0.25, 0.3) is 0 Å². The summed E-state index contributed by atoms with van der Waals surface area (Å²) < 4.78 is 14.6. The first-order valence-electron chi connectivity index (χ1n) is 5.96. The number of halogens is 1. The van der Waals surface area contributed by atoms with Gasteiger partial charge in [-0.05, 0) is 51.3 Å². The molecule has 18 heavy (non-hydrogen) atoms. The largest absolute Gasteiger partial charge is 0.309 e. The summed E-state index contributed by atoms with van der Waals surface area (Å²) in [6.45, 7) is 1.86. The molecule has 0 aliphatic carbocycles. The summed E-state index contributed by atoms with van der Waals surface area (Å²) in [6.07, 6.45) is 2.92. The number of hydrogen-bond acceptors (Lipinski definition) is 3. The third-order valence-corrected chi connectivity index (χ3v) is 2.67. The molecule has 2 rings (SSSR count). The summed E-state index contributed by atoms with van der Waals surface area (Å²) >= 11 is 0. The van der Waals surface area contributed by atoms with Crippen LogP contribution < -0.4 is 0 Å². The van der Waals surface area contributed by atoms with E-state index in [1.54, 1.807) is 12.1 Å². The van der Waals surface area contributed by atoms with E-state index in [-0.39, 0.29) is 5.82 Å². The van der Waals surface area contributed by atoms with Crippen LogP contribution in [0.5, 0.6) is 0 Å². The van der Waals surface area contributed by atoms with Crippen LogP contribution in [0.25, 0.3) is 11.3 Å². The quantitative estimate of drug-likeness (QED) is 0.812. The fourth-order valence-electron chi connectivity index (χ4n) is 1.71. The van der Waals surface area contributed by atoms with Crippen molar-refractivity contribution in [3.8, 4) is 11.3 Å². The van der Waals surface area contributed by atoms with Crippen LogP contribution in [-0.4, -0.2) is 40.5 Å². The fraction of sp³-hybridized carbons (Fsp3) is 0.385. The van der Waals surface area contributed by atoms with E-state index in [0.29, 0.717) is 0 Å². The molecule has 0 N–H and O–H groups in total. The van der Waals surface area contributed by atoms with Crippen molar-refractivity contribution in [2.45, 2.75) is 13.0 Å². The minimum atomic E-state index is -0.239. The lowest BCUT2D eigenvalue weighted by molar-refractivity contribution is 0.379.